The summed E-state index contributed by atoms with van der Waals surface area (Å²) in [5, 5.41) is 43.8. The molecule has 0 aliphatic rings. The maximum atomic E-state index is 13.6. The van der Waals surface area contributed by atoms with E-state index >= 15 is 0 Å². The molecule has 4 rings (SSSR count). The SMILES string of the molecule is Cc1cc(CCCOC(=O)CCCCSCCC(=O)OCC(COC(=O)CCSCCCCC(=O)OCCCc2cc(C)cc(C(C)(C)C)c2O)(COC(=O)CCSCCCCC(=O)OCCCc2cc(C)cc(C(C)(C)C)c2O)COC(=O)CCSCCCCC(=O)OCCCc2cc(C)cc(C(C)(C)C)c2O)c(O)c(C(C)(C)C)c1. The number of phenolic OH excluding ortho intramolecular Hbond substituents is 4. The zero-order valence-electron chi connectivity index (χ0n) is 73.4. The van der Waals surface area contributed by atoms with Crippen LogP contribution in [0.2, 0.25) is 0 Å². The highest BCUT2D eigenvalue weighted by atomic mass is 32.2. The van der Waals surface area contributed by atoms with Crippen LogP contribution in [0.25, 0.3) is 0 Å². The van der Waals surface area contributed by atoms with Crippen molar-refractivity contribution in [1.82, 2.24) is 0 Å². The zero-order valence-corrected chi connectivity index (χ0v) is 76.6. The third-order valence-corrected chi connectivity index (χ3v) is 23.9. The molecule has 0 aromatic heterocycles. The molecule has 0 saturated heterocycles. The summed E-state index contributed by atoms with van der Waals surface area (Å²) < 4.78 is 45.7. The summed E-state index contributed by atoms with van der Waals surface area (Å²) in [4.78, 5) is 105. The van der Waals surface area contributed by atoms with Crippen molar-refractivity contribution in [2.75, 3.05) is 98.9 Å². The van der Waals surface area contributed by atoms with Gasteiger partial charge in [-0.15, -0.1) is 0 Å². The molecule has 0 amide bonds. The number of carbonyl (C=O) groups excluding carboxylic acids is 8. The lowest BCUT2D eigenvalue weighted by Gasteiger charge is -2.31. The number of thioether (sulfide) groups is 4. The van der Waals surface area contributed by atoms with Gasteiger partial charge < -0.3 is 58.3 Å². The molecular weight excluding hydrogens is 1570 g/mol. The Morgan fingerprint density at radius 3 is 0.632 bits per heavy atom. The largest absolute Gasteiger partial charge is 0.507 e. The van der Waals surface area contributed by atoms with E-state index in [4.69, 9.17) is 37.9 Å². The van der Waals surface area contributed by atoms with Crippen molar-refractivity contribution >= 4 is 94.8 Å². The Morgan fingerprint density at radius 2 is 0.444 bits per heavy atom. The van der Waals surface area contributed by atoms with Crippen LogP contribution in [0.5, 0.6) is 23.0 Å². The summed E-state index contributed by atoms with van der Waals surface area (Å²) in [6.07, 6.45) is 10.7. The molecule has 24 heteroatoms. The Labute approximate surface area is 716 Å². The van der Waals surface area contributed by atoms with Crippen LogP contribution in [0.3, 0.4) is 0 Å². The Kier molecular flexibility index (Phi) is 46.6. The standard InChI is InChI=1S/C93H140O20S4/c1-65-53-69(85(102)73(57-65)89(5,6)7)29-25-41-106-77(94)33-17-21-45-114-49-37-81(98)110-61-93(62-111-82(99)38-50-115-46-22-18-34-78(95)107-42-26-30-70-54-66(2)58-74(86(70)103)90(8,9)10,63-112-83(100)39-51-116-47-23-19-35-79(96)108-43-27-31-71-55-67(3)59-75(87(71)104)91(11,12)13)64-113-84(101)40-52-117-48-24-20-36-80(97)109-44-28-32-72-56-68(4)60-76(88(72)105)92(14,15)16/h53-60,102-105H,17-52,61-64H2,1-16H3. The lowest BCUT2D eigenvalue weighted by Crippen LogP contribution is -2.44. The van der Waals surface area contributed by atoms with E-state index in [0.717, 1.165) is 66.8 Å². The summed E-state index contributed by atoms with van der Waals surface area (Å²) in [5.41, 5.74) is 8.70. The van der Waals surface area contributed by atoms with E-state index in [0.29, 0.717) is 149 Å². The van der Waals surface area contributed by atoms with Gasteiger partial charge in [0.1, 0.15) is 54.8 Å². The first-order valence-corrected chi connectivity index (χ1v) is 46.7. The van der Waals surface area contributed by atoms with Crippen molar-refractivity contribution < 1.29 is 96.7 Å². The minimum Gasteiger partial charge on any atom is -0.507 e. The van der Waals surface area contributed by atoms with Gasteiger partial charge in [0.05, 0.1) is 52.1 Å². The second-order valence-electron chi connectivity index (χ2n) is 35.0. The van der Waals surface area contributed by atoms with Gasteiger partial charge in [0.2, 0.25) is 0 Å². The van der Waals surface area contributed by atoms with E-state index in [-0.39, 0.29) is 146 Å². The Bertz CT molecular complexity index is 3280. The van der Waals surface area contributed by atoms with Crippen LogP contribution in [0.1, 0.15) is 278 Å². The van der Waals surface area contributed by atoms with Crippen LogP contribution >= 0.6 is 47.0 Å². The molecule has 117 heavy (non-hydrogen) atoms. The van der Waals surface area contributed by atoms with Crippen molar-refractivity contribution in [3.05, 3.63) is 115 Å². The monoisotopic (exact) mass is 1700 g/mol. The van der Waals surface area contributed by atoms with Gasteiger partial charge in [-0.3, -0.25) is 38.4 Å². The number of esters is 8. The van der Waals surface area contributed by atoms with E-state index in [1.165, 1.54) is 47.0 Å². The quantitative estimate of drug-likeness (QED) is 0.0181. The first-order chi connectivity index (χ1) is 55.2. The molecule has 0 aliphatic carbocycles. The molecule has 0 aliphatic heterocycles. The fourth-order valence-corrected chi connectivity index (χ4v) is 16.6. The second kappa shape index (κ2) is 53.1. The molecule has 4 N–H and O–H groups in total. The molecule has 20 nitrogen and oxygen atoms in total. The average Bonchev–Trinajstić information content (AvgIpc) is 0.820. The molecule has 0 unspecified atom stereocenters. The third kappa shape index (κ3) is 41.9. The maximum absolute atomic E-state index is 13.6. The Hall–Kier alpha value is -6.76. The van der Waals surface area contributed by atoms with Crippen molar-refractivity contribution in [1.29, 1.82) is 0 Å². The zero-order chi connectivity index (χ0) is 86.8. The summed E-state index contributed by atoms with van der Waals surface area (Å²) in [6.45, 7) is 31.9. The third-order valence-electron chi connectivity index (χ3n) is 19.6. The predicted octanol–water partition coefficient (Wildman–Crippen LogP) is 19.3. The molecule has 0 heterocycles. The van der Waals surface area contributed by atoms with E-state index in [1.807, 2.05) is 76.2 Å². The van der Waals surface area contributed by atoms with Crippen LogP contribution in [-0.4, -0.2) is 167 Å². The van der Waals surface area contributed by atoms with E-state index in [2.05, 4.69) is 83.1 Å². The van der Waals surface area contributed by atoms with Crippen LogP contribution in [0.15, 0.2) is 48.5 Å². The summed E-state index contributed by atoms with van der Waals surface area (Å²) in [7, 11) is 0. The molecule has 0 fully saturated rings. The second-order valence-corrected chi connectivity index (χ2v) is 39.9. The van der Waals surface area contributed by atoms with Gasteiger partial charge in [-0.25, -0.2) is 0 Å². The fourth-order valence-electron chi connectivity index (χ4n) is 12.9. The summed E-state index contributed by atoms with van der Waals surface area (Å²) in [6, 6.07) is 15.9. The lowest BCUT2D eigenvalue weighted by atomic mass is 9.83. The molecule has 0 bridgehead atoms. The highest BCUT2D eigenvalue weighted by molar-refractivity contribution is 7.99. The van der Waals surface area contributed by atoms with Crippen molar-refractivity contribution in [3.8, 4) is 23.0 Å². The molecule has 4 aromatic rings. The summed E-state index contributed by atoms with van der Waals surface area (Å²) >= 11 is 6.07. The smallest absolute Gasteiger partial charge is 0.306 e. The number of rotatable bonds is 56. The molecule has 656 valence electrons. The molecule has 0 atom stereocenters. The number of hydrogen-bond acceptors (Lipinski definition) is 24. The van der Waals surface area contributed by atoms with Crippen LogP contribution in [0, 0.1) is 33.1 Å². The van der Waals surface area contributed by atoms with Gasteiger partial charge in [-0.05, 0) is 220 Å². The topological polar surface area (TPSA) is 291 Å². The van der Waals surface area contributed by atoms with Crippen LogP contribution < -0.4 is 0 Å². The predicted molar refractivity (Wildman–Crippen MR) is 473 cm³/mol. The molecule has 0 radical (unpaired) electrons. The van der Waals surface area contributed by atoms with Crippen LogP contribution in [-0.2, 0) is 124 Å². The van der Waals surface area contributed by atoms with Gasteiger partial charge in [0.15, 0.2) is 0 Å². The Balaban J connectivity index is 1.33. The van der Waals surface area contributed by atoms with Crippen molar-refractivity contribution in [2.45, 2.75) is 287 Å². The van der Waals surface area contributed by atoms with Gasteiger partial charge in [0.25, 0.3) is 0 Å². The number of hydrogen-bond donors (Lipinski definition) is 4. The number of phenols is 4. The Morgan fingerprint density at radius 1 is 0.256 bits per heavy atom. The highest BCUT2D eigenvalue weighted by Gasteiger charge is 2.38. The molecular formula is C93H140O20S4. The highest BCUT2D eigenvalue weighted by Crippen LogP contribution is 2.39. The van der Waals surface area contributed by atoms with Gasteiger partial charge in [0, 0.05) is 48.7 Å². The van der Waals surface area contributed by atoms with E-state index in [1.54, 1.807) is 0 Å². The number of unbranched alkanes of at least 4 members (excludes halogenated alkanes) is 4. The van der Waals surface area contributed by atoms with Crippen molar-refractivity contribution in [2.24, 2.45) is 5.41 Å². The molecule has 0 saturated carbocycles. The maximum Gasteiger partial charge on any atom is 0.306 e. The number of aryl methyl sites for hydroxylation is 8. The molecule has 0 spiro atoms. The number of aromatic hydroxyl groups is 4. The number of ether oxygens (including phenoxy) is 8. The van der Waals surface area contributed by atoms with E-state index < -0.39 is 55.7 Å². The minimum absolute atomic E-state index is 0.00296. The number of carbonyl (C=O) groups is 8. The lowest BCUT2D eigenvalue weighted by molar-refractivity contribution is -0.170. The average molecular weight is 1710 g/mol. The van der Waals surface area contributed by atoms with Gasteiger partial charge in [-0.1, -0.05) is 154 Å². The summed E-state index contributed by atoms with van der Waals surface area (Å²) in [5.74, 6) is 1.84. The minimum atomic E-state index is -1.52. The normalized spacial score (nSPS) is 12.0. The number of benzene rings is 4. The van der Waals surface area contributed by atoms with Crippen LogP contribution in [0.4, 0.5) is 0 Å². The van der Waals surface area contributed by atoms with Crippen molar-refractivity contribution in [3.63, 3.8) is 0 Å². The van der Waals surface area contributed by atoms with Gasteiger partial charge in [-0.2, -0.15) is 47.0 Å². The van der Waals surface area contributed by atoms with E-state index in [9.17, 15) is 58.8 Å². The molecule has 4 aromatic carbocycles. The first kappa shape index (κ1) is 103. The van der Waals surface area contributed by atoms with Gasteiger partial charge >= 0.3 is 47.8 Å². The fraction of sp³-hybridized carbons (Fsp3) is 0.656. The first-order valence-electron chi connectivity index (χ1n) is 42.1.